The van der Waals surface area contributed by atoms with Crippen molar-refractivity contribution in [3.63, 3.8) is 0 Å². The predicted octanol–water partition coefficient (Wildman–Crippen LogP) is -0.547. The van der Waals surface area contributed by atoms with Crippen LogP contribution < -0.4 is 5.73 Å². The molecule has 0 aliphatic rings. The SMILES string of the molecule is NC(=O)C(c1ccc(O)cc1)n1cnnn1. The van der Waals surface area contributed by atoms with Crippen LogP contribution in [0.1, 0.15) is 11.6 Å². The summed E-state index contributed by atoms with van der Waals surface area (Å²) in [5.41, 5.74) is 5.89. The van der Waals surface area contributed by atoms with Gasteiger partial charge in [-0.15, -0.1) is 5.10 Å². The van der Waals surface area contributed by atoms with Crippen LogP contribution in [0.3, 0.4) is 0 Å². The van der Waals surface area contributed by atoms with Crippen molar-refractivity contribution in [3.8, 4) is 5.75 Å². The second-order valence-electron chi connectivity index (χ2n) is 3.19. The molecular formula is C9H9N5O2. The van der Waals surface area contributed by atoms with Crippen LogP contribution in [0.15, 0.2) is 30.6 Å². The molecule has 2 rings (SSSR count). The molecule has 1 amide bonds. The van der Waals surface area contributed by atoms with E-state index in [0.717, 1.165) is 0 Å². The average molecular weight is 219 g/mol. The Balaban J connectivity index is 2.41. The first-order chi connectivity index (χ1) is 7.68. The number of nitrogens with two attached hydrogens (primary N) is 1. The molecule has 3 N–H and O–H groups in total. The van der Waals surface area contributed by atoms with Crippen LogP contribution in [-0.2, 0) is 4.79 Å². The number of rotatable bonds is 3. The first-order valence-electron chi connectivity index (χ1n) is 4.49. The molecule has 0 aliphatic heterocycles. The van der Waals surface area contributed by atoms with Gasteiger partial charge in [-0.2, -0.15) is 0 Å². The van der Waals surface area contributed by atoms with Gasteiger partial charge in [-0.1, -0.05) is 12.1 Å². The van der Waals surface area contributed by atoms with Crippen molar-refractivity contribution in [2.45, 2.75) is 6.04 Å². The average Bonchev–Trinajstić information content (AvgIpc) is 2.74. The number of phenolic OH excluding ortho intramolecular Hbond substituents is 1. The van der Waals surface area contributed by atoms with Crippen molar-refractivity contribution in [1.29, 1.82) is 0 Å². The Morgan fingerprint density at radius 1 is 1.38 bits per heavy atom. The number of phenols is 1. The number of amides is 1. The molecule has 0 radical (unpaired) electrons. The lowest BCUT2D eigenvalue weighted by atomic mass is 10.1. The van der Waals surface area contributed by atoms with Crippen LogP contribution in [0.2, 0.25) is 0 Å². The number of primary amides is 1. The monoisotopic (exact) mass is 219 g/mol. The molecule has 0 spiro atoms. The largest absolute Gasteiger partial charge is 0.508 e. The van der Waals surface area contributed by atoms with Gasteiger partial charge in [0.05, 0.1) is 0 Å². The van der Waals surface area contributed by atoms with Gasteiger partial charge in [0.25, 0.3) is 0 Å². The Bertz CT molecular complexity index is 479. The molecule has 0 fully saturated rings. The van der Waals surface area contributed by atoms with E-state index < -0.39 is 11.9 Å². The van der Waals surface area contributed by atoms with E-state index in [1.54, 1.807) is 12.1 Å². The standard InChI is InChI=1S/C9H9N5O2/c10-9(16)8(14-5-11-12-13-14)6-1-3-7(15)4-2-6/h1-5,8,15H,(H2,10,16). The van der Waals surface area contributed by atoms with Crippen molar-refractivity contribution in [1.82, 2.24) is 20.2 Å². The predicted molar refractivity (Wildman–Crippen MR) is 53.3 cm³/mol. The summed E-state index contributed by atoms with van der Waals surface area (Å²) in [7, 11) is 0. The van der Waals surface area contributed by atoms with E-state index in [1.165, 1.54) is 23.1 Å². The van der Waals surface area contributed by atoms with Crippen LogP contribution in [0, 0.1) is 0 Å². The van der Waals surface area contributed by atoms with Gasteiger partial charge < -0.3 is 10.8 Å². The first-order valence-corrected chi connectivity index (χ1v) is 4.49. The molecule has 0 aliphatic carbocycles. The number of benzene rings is 1. The highest BCUT2D eigenvalue weighted by Crippen LogP contribution is 2.19. The van der Waals surface area contributed by atoms with E-state index in [2.05, 4.69) is 15.5 Å². The lowest BCUT2D eigenvalue weighted by molar-refractivity contribution is -0.120. The van der Waals surface area contributed by atoms with E-state index in [4.69, 9.17) is 10.8 Å². The van der Waals surface area contributed by atoms with Crippen LogP contribution in [0.4, 0.5) is 0 Å². The Labute approximate surface area is 90.5 Å². The van der Waals surface area contributed by atoms with Gasteiger partial charge in [-0.3, -0.25) is 4.79 Å². The maximum absolute atomic E-state index is 11.3. The van der Waals surface area contributed by atoms with Gasteiger partial charge in [0.1, 0.15) is 12.1 Å². The number of aromatic nitrogens is 4. The summed E-state index contributed by atoms with van der Waals surface area (Å²) in [6.07, 6.45) is 1.31. The number of carbonyl (C=O) groups excluding carboxylic acids is 1. The van der Waals surface area contributed by atoms with Crippen molar-refractivity contribution in [3.05, 3.63) is 36.2 Å². The quantitative estimate of drug-likeness (QED) is 0.720. The highest BCUT2D eigenvalue weighted by molar-refractivity contribution is 5.81. The van der Waals surface area contributed by atoms with E-state index in [0.29, 0.717) is 5.56 Å². The highest BCUT2D eigenvalue weighted by Gasteiger charge is 2.20. The van der Waals surface area contributed by atoms with Gasteiger partial charge in [0.2, 0.25) is 5.91 Å². The molecule has 7 heteroatoms. The third-order valence-electron chi connectivity index (χ3n) is 2.11. The molecule has 2 aromatic rings. The maximum Gasteiger partial charge on any atom is 0.247 e. The van der Waals surface area contributed by atoms with Gasteiger partial charge >= 0.3 is 0 Å². The lowest BCUT2D eigenvalue weighted by Gasteiger charge is -2.12. The molecule has 0 saturated carbocycles. The van der Waals surface area contributed by atoms with Crippen LogP contribution in [0.25, 0.3) is 0 Å². The third kappa shape index (κ3) is 1.83. The van der Waals surface area contributed by atoms with Crippen LogP contribution in [-0.4, -0.2) is 31.2 Å². The summed E-state index contributed by atoms with van der Waals surface area (Å²) in [4.78, 5) is 11.3. The van der Waals surface area contributed by atoms with Crippen LogP contribution >= 0.6 is 0 Å². The van der Waals surface area contributed by atoms with Crippen molar-refractivity contribution in [2.24, 2.45) is 5.73 Å². The molecule has 7 nitrogen and oxygen atoms in total. The van der Waals surface area contributed by atoms with E-state index in [9.17, 15) is 4.79 Å². The second-order valence-corrected chi connectivity index (χ2v) is 3.19. The zero-order valence-electron chi connectivity index (χ0n) is 8.19. The van der Waals surface area contributed by atoms with Crippen molar-refractivity contribution >= 4 is 5.91 Å². The number of carbonyl (C=O) groups is 1. The fraction of sp³-hybridized carbons (Fsp3) is 0.111. The molecular weight excluding hydrogens is 210 g/mol. The Kier molecular flexibility index (Phi) is 2.50. The second kappa shape index (κ2) is 3.97. The molecule has 1 atom stereocenters. The van der Waals surface area contributed by atoms with Gasteiger partial charge in [0.15, 0.2) is 6.04 Å². The fourth-order valence-electron chi connectivity index (χ4n) is 1.39. The van der Waals surface area contributed by atoms with Gasteiger partial charge in [-0.25, -0.2) is 4.68 Å². The lowest BCUT2D eigenvalue weighted by Crippen LogP contribution is -2.27. The number of hydrogen-bond donors (Lipinski definition) is 2. The Hall–Kier alpha value is -2.44. The summed E-state index contributed by atoms with van der Waals surface area (Å²) in [5.74, 6) is -0.457. The number of hydrogen-bond acceptors (Lipinski definition) is 5. The molecule has 0 saturated heterocycles. The Morgan fingerprint density at radius 2 is 2.06 bits per heavy atom. The van der Waals surface area contributed by atoms with Gasteiger partial charge in [-0.05, 0) is 28.1 Å². The van der Waals surface area contributed by atoms with E-state index in [-0.39, 0.29) is 5.75 Å². The molecule has 1 unspecified atom stereocenters. The normalized spacial score (nSPS) is 12.2. The first kappa shape index (κ1) is 10.1. The third-order valence-corrected chi connectivity index (χ3v) is 2.11. The molecule has 1 aromatic carbocycles. The minimum Gasteiger partial charge on any atom is -0.508 e. The summed E-state index contributed by atoms with van der Waals surface area (Å²) in [5, 5.41) is 19.7. The fourth-order valence-corrected chi connectivity index (χ4v) is 1.39. The molecule has 0 bridgehead atoms. The topological polar surface area (TPSA) is 107 Å². The summed E-state index contributed by atoms with van der Waals surface area (Å²) >= 11 is 0. The van der Waals surface area contributed by atoms with Gasteiger partial charge in [0, 0.05) is 0 Å². The smallest absolute Gasteiger partial charge is 0.247 e. The molecule has 1 heterocycles. The van der Waals surface area contributed by atoms with E-state index >= 15 is 0 Å². The van der Waals surface area contributed by atoms with E-state index in [1.807, 2.05) is 0 Å². The Morgan fingerprint density at radius 3 is 2.56 bits per heavy atom. The molecule has 1 aromatic heterocycles. The highest BCUT2D eigenvalue weighted by atomic mass is 16.3. The zero-order chi connectivity index (χ0) is 11.5. The number of nitrogens with zero attached hydrogens (tertiary/aromatic N) is 4. The van der Waals surface area contributed by atoms with Crippen molar-refractivity contribution in [2.75, 3.05) is 0 Å². The maximum atomic E-state index is 11.3. The zero-order valence-corrected chi connectivity index (χ0v) is 8.19. The minimum atomic E-state index is -0.768. The summed E-state index contributed by atoms with van der Waals surface area (Å²) in [6.45, 7) is 0. The summed E-state index contributed by atoms with van der Waals surface area (Å²) in [6, 6.07) is 5.35. The number of aromatic hydroxyl groups is 1. The number of tetrazole rings is 1. The molecule has 82 valence electrons. The minimum absolute atomic E-state index is 0.115. The van der Waals surface area contributed by atoms with Crippen molar-refractivity contribution < 1.29 is 9.90 Å². The summed E-state index contributed by atoms with van der Waals surface area (Å²) < 4.78 is 1.26. The molecule has 16 heavy (non-hydrogen) atoms. The van der Waals surface area contributed by atoms with Crippen LogP contribution in [0.5, 0.6) is 5.75 Å².